The van der Waals surface area contributed by atoms with Gasteiger partial charge < -0.3 is 19.5 Å². The number of ketones is 1. The molecule has 3 aromatic rings. The predicted molar refractivity (Wildman–Crippen MR) is 152 cm³/mol. The molecule has 1 spiro atoms. The minimum absolute atomic E-state index is 0.0589. The number of hydrogen-bond donors (Lipinski definition) is 1. The summed E-state index contributed by atoms with van der Waals surface area (Å²) < 4.78 is 7.32. The Labute approximate surface area is 228 Å². The smallest absolute Gasteiger partial charge is 0.293 e. The van der Waals surface area contributed by atoms with E-state index >= 15 is 0 Å². The van der Waals surface area contributed by atoms with Crippen molar-refractivity contribution in [1.82, 2.24) is 14.5 Å². The zero-order valence-corrected chi connectivity index (χ0v) is 23.3. The molecule has 3 heterocycles. The van der Waals surface area contributed by atoms with Gasteiger partial charge in [0, 0.05) is 36.6 Å². The molecule has 38 heavy (non-hydrogen) atoms. The van der Waals surface area contributed by atoms with Crippen molar-refractivity contribution in [3.63, 3.8) is 0 Å². The number of hydrogen-bond acceptors (Lipinski definition) is 7. The number of anilines is 3. The van der Waals surface area contributed by atoms with E-state index in [4.69, 9.17) is 21.3 Å². The molecule has 1 aromatic carbocycles. The average molecular weight is 538 g/mol. The van der Waals surface area contributed by atoms with Crippen molar-refractivity contribution in [3.8, 4) is 5.75 Å². The molecule has 8 nitrogen and oxygen atoms in total. The van der Waals surface area contributed by atoms with Crippen molar-refractivity contribution in [2.75, 3.05) is 29.9 Å². The maximum Gasteiger partial charge on any atom is 0.293 e. The number of piperidine rings is 1. The Morgan fingerprint density at radius 3 is 2.63 bits per heavy atom. The van der Waals surface area contributed by atoms with Crippen LogP contribution in [0.25, 0.3) is 10.9 Å². The number of nitrogens with zero attached hydrogens (tertiary/aromatic N) is 4. The van der Waals surface area contributed by atoms with Gasteiger partial charge in [0.1, 0.15) is 11.6 Å². The standard InChI is InChI=1S/C29H36ClN5O3/c1-5-22(36)17-38-25-13-20-12-21(6-7-24(20)35(18(2)3)27(25)37)32-26-23(30)16-31-28(33-26)34-10-8-29(9-11-34)14-19(4)15-29/h6-7,12-13,16,18-19H,5,8-11,14-15,17H2,1-4H3,(H,31,32,33). The molecule has 9 heteroatoms. The second kappa shape index (κ2) is 10.6. The lowest BCUT2D eigenvalue weighted by molar-refractivity contribution is -0.120. The largest absolute Gasteiger partial charge is 0.480 e. The molecule has 0 bridgehead atoms. The van der Waals surface area contributed by atoms with Gasteiger partial charge in [0.25, 0.3) is 5.56 Å². The summed E-state index contributed by atoms with van der Waals surface area (Å²) in [6.45, 7) is 9.81. The van der Waals surface area contributed by atoms with E-state index in [1.165, 1.54) is 25.7 Å². The lowest BCUT2D eigenvalue weighted by Gasteiger charge is -2.51. The molecular weight excluding hydrogens is 502 g/mol. The van der Waals surface area contributed by atoms with Crippen molar-refractivity contribution in [2.24, 2.45) is 11.3 Å². The van der Waals surface area contributed by atoms with Crippen LogP contribution in [0, 0.1) is 11.3 Å². The zero-order chi connectivity index (χ0) is 27.0. The first kappa shape index (κ1) is 26.5. The Morgan fingerprint density at radius 1 is 1.24 bits per heavy atom. The van der Waals surface area contributed by atoms with Gasteiger partial charge in [0.2, 0.25) is 5.95 Å². The van der Waals surface area contributed by atoms with Gasteiger partial charge in [-0.3, -0.25) is 9.59 Å². The molecule has 0 amide bonds. The fourth-order valence-corrected chi connectivity index (χ4v) is 6.16. The van der Waals surface area contributed by atoms with E-state index in [0.29, 0.717) is 28.6 Å². The number of halogens is 1. The number of carbonyl (C=O) groups excluding carboxylic acids is 1. The Hall–Kier alpha value is -3.13. The van der Waals surface area contributed by atoms with Gasteiger partial charge in [-0.1, -0.05) is 25.4 Å². The third-order valence-electron chi connectivity index (χ3n) is 7.97. The van der Waals surface area contributed by atoms with Crippen LogP contribution in [0.4, 0.5) is 17.5 Å². The van der Waals surface area contributed by atoms with Crippen molar-refractivity contribution >= 4 is 45.7 Å². The Balaban J connectivity index is 1.40. The number of nitrogens with one attached hydrogen (secondary N) is 1. The normalized spacial score (nSPS) is 17.2. The van der Waals surface area contributed by atoms with Gasteiger partial charge in [-0.15, -0.1) is 0 Å². The highest BCUT2D eigenvalue weighted by Gasteiger charge is 2.44. The highest BCUT2D eigenvalue weighted by Crippen LogP contribution is 2.52. The topological polar surface area (TPSA) is 89.3 Å². The van der Waals surface area contributed by atoms with E-state index in [2.05, 4.69) is 22.1 Å². The Bertz CT molecular complexity index is 1400. The number of rotatable bonds is 8. The summed E-state index contributed by atoms with van der Waals surface area (Å²) >= 11 is 6.49. The summed E-state index contributed by atoms with van der Waals surface area (Å²) in [4.78, 5) is 36.4. The second-order valence-electron chi connectivity index (χ2n) is 11.2. The van der Waals surface area contributed by atoms with Crippen LogP contribution >= 0.6 is 11.6 Å². The summed E-state index contributed by atoms with van der Waals surface area (Å²) in [6, 6.07) is 7.35. The summed E-state index contributed by atoms with van der Waals surface area (Å²) in [7, 11) is 0. The SMILES string of the molecule is CCC(=O)COc1cc2cc(Nc3nc(N4CCC5(CC4)CC(C)C5)ncc3Cl)ccc2n(C(C)C)c1=O. The Kier molecular flexibility index (Phi) is 7.36. The van der Waals surface area contributed by atoms with Crippen LogP contribution in [0.2, 0.25) is 5.02 Å². The van der Waals surface area contributed by atoms with Crippen LogP contribution in [0.5, 0.6) is 5.75 Å². The molecule has 0 unspecified atom stereocenters. The predicted octanol–water partition coefficient (Wildman–Crippen LogP) is 6.14. The first-order chi connectivity index (χ1) is 18.2. The summed E-state index contributed by atoms with van der Waals surface area (Å²) in [5.41, 5.74) is 1.83. The number of Topliss-reactive ketones (excluding diaryl/α,β-unsaturated/α-hetero) is 1. The highest BCUT2D eigenvalue weighted by atomic mass is 35.5. The number of aromatic nitrogens is 3. The lowest BCUT2D eigenvalue weighted by atomic mass is 9.58. The van der Waals surface area contributed by atoms with Crippen LogP contribution in [0.1, 0.15) is 65.8 Å². The minimum Gasteiger partial charge on any atom is -0.480 e. The first-order valence-electron chi connectivity index (χ1n) is 13.6. The molecule has 0 atom stereocenters. The van der Waals surface area contributed by atoms with Gasteiger partial charge in [-0.25, -0.2) is 4.98 Å². The molecule has 2 aliphatic rings. The molecule has 1 aliphatic carbocycles. The van der Waals surface area contributed by atoms with Gasteiger partial charge in [-0.05, 0) is 75.1 Å². The number of benzene rings is 1. The van der Waals surface area contributed by atoms with Crippen LogP contribution in [-0.4, -0.2) is 40.0 Å². The fourth-order valence-electron chi connectivity index (χ4n) is 6.02. The van der Waals surface area contributed by atoms with Crippen molar-refractivity contribution < 1.29 is 9.53 Å². The van der Waals surface area contributed by atoms with Crippen LogP contribution in [0.3, 0.4) is 0 Å². The van der Waals surface area contributed by atoms with Crippen molar-refractivity contribution in [2.45, 2.75) is 65.8 Å². The van der Waals surface area contributed by atoms with E-state index < -0.39 is 0 Å². The minimum atomic E-state index is -0.250. The van der Waals surface area contributed by atoms with E-state index in [1.807, 2.05) is 32.0 Å². The van der Waals surface area contributed by atoms with Gasteiger partial charge >= 0.3 is 0 Å². The molecule has 5 rings (SSSR count). The van der Waals surface area contributed by atoms with Gasteiger partial charge in [-0.2, -0.15) is 4.98 Å². The average Bonchev–Trinajstić information content (AvgIpc) is 2.88. The van der Waals surface area contributed by atoms with E-state index in [9.17, 15) is 9.59 Å². The lowest BCUT2D eigenvalue weighted by Crippen LogP contribution is -2.47. The third-order valence-corrected chi connectivity index (χ3v) is 8.24. The van der Waals surface area contributed by atoms with E-state index in [-0.39, 0.29) is 29.7 Å². The van der Waals surface area contributed by atoms with Gasteiger partial charge in [0.15, 0.2) is 17.4 Å². The molecule has 2 fully saturated rings. The molecule has 0 radical (unpaired) electrons. The quantitative estimate of drug-likeness (QED) is 0.369. The van der Waals surface area contributed by atoms with E-state index in [1.54, 1.807) is 23.8 Å². The van der Waals surface area contributed by atoms with Crippen LogP contribution < -0.4 is 20.5 Å². The van der Waals surface area contributed by atoms with Crippen molar-refractivity contribution in [3.05, 3.63) is 45.8 Å². The van der Waals surface area contributed by atoms with Crippen molar-refractivity contribution in [1.29, 1.82) is 0 Å². The third kappa shape index (κ3) is 5.23. The number of carbonyl (C=O) groups is 1. The molecule has 202 valence electrons. The number of fused-ring (bicyclic) bond motifs is 1. The first-order valence-corrected chi connectivity index (χ1v) is 13.9. The maximum absolute atomic E-state index is 13.1. The molecule has 1 saturated heterocycles. The number of pyridine rings is 1. The molecule has 1 saturated carbocycles. The Morgan fingerprint density at radius 2 is 1.97 bits per heavy atom. The highest BCUT2D eigenvalue weighted by molar-refractivity contribution is 6.32. The molecule has 1 aliphatic heterocycles. The summed E-state index contributed by atoms with van der Waals surface area (Å²) in [5, 5.41) is 4.58. The second-order valence-corrected chi connectivity index (χ2v) is 11.6. The zero-order valence-electron chi connectivity index (χ0n) is 22.6. The summed E-state index contributed by atoms with van der Waals surface area (Å²) in [5.74, 6) is 2.18. The van der Waals surface area contributed by atoms with E-state index in [0.717, 1.165) is 35.6 Å². The summed E-state index contributed by atoms with van der Waals surface area (Å²) in [6.07, 6.45) is 7.05. The maximum atomic E-state index is 13.1. The number of ether oxygens (including phenoxy) is 1. The molecular formula is C29H36ClN5O3. The molecule has 1 N–H and O–H groups in total. The fraction of sp³-hybridized carbons (Fsp3) is 0.517. The van der Waals surface area contributed by atoms with Crippen LogP contribution in [-0.2, 0) is 4.79 Å². The monoisotopic (exact) mass is 537 g/mol. The van der Waals surface area contributed by atoms with Crippen LogP contribution in [0.15, 0.2) is 35.3 Å². The molecule has 2 aromatic heterocycles. The van der Waals surface area contributed by atoms with Gasteiger partial charge in [0.05, 0.1) is 11.7 Å².